The highest BCUT2D eigenvalue weighted by molar-refractivity contribution is 5.71. The summed E-state index contributed by atoms with van der Waals surface area (Å²) in [5, 5.41) is 0. The largest absolute Gasteiger partial charge is 0.462 e. The molecule has 0 aromatic rings. The molecule has 0 radical (unpaired) electrons. The molecule has 0 saturated heterocycles. The minimum Gasteiger partial charge on any atom is -0.462 e. The molecule has 0 bridgehead atoms. The van der Waals surface area contributed by atoms with Crippen molar-refractivity contribution in [3.05, 3.63) is 122 Å². The van der Waals surface area contributed by atoms with Crippen LogP contribution in [0.4, 0.5) is 0 Å². The van der Waals surface area contributed by atoms with Gasteiger partial charge in [-0.3, -0.25) is 14.4 Å². The molecular weight excluding hydrogens is 877 g/mol. The average molecular weight is 984 g/mol. The first-order valence-corrected chi connectivity index (χ1v) is 29.0. The molecule has 0 aromatic carbocycles. The summed E-state index contributed by atoms with van der Waals surface area (Å²) in [7, 11) is 0. The van der Waals surface area contributed by atoms with Crippen molar-refractivity contribution in [2.45, 2.75) is 258 Å². The lowest BCUT2D eigenvalue weighted by Crippen LogP contribution is -2.30. The minimum atomic E-state index is -0.806. The van der Waals surface area contributed by atoms with Gasteiger partial charge < -0.3 is 14.2 Å². The van der Waals surface area contributed by atoms with Gasteiger partial charge in [0, 0.05) is 19.3 Å². The van der Waals surface area contributed by atoms with E-state index >= 15 is 0 Å². The van der Waals surface area contributed by atoms with E-state index in [9.17, 15) is 14.4 Å². The van der Waals surface area contributed by atoms with Crippen molar-refractivity contribution in [1.29, 1.82) is 0 Å². The zero-order chi connectivity index (χ0) is 51.4. The van der Waals surface area contributed by atoms with E-state index in [4.69, 9.17) is 14.2 Å². The van der Waals surface area contributed by atoms with Crippen LogP contribution in [0.5, 0.6) is 0 Å². The molecule has 6 heteroatoms. The summed E-state index contributed by atoms with van der Waals surface area (Å²) in [5.74, 6) is -0.967. The van der Waals surface area contributed by atoms with Crippen LogP contribution in [0.1, 0.15) is 252 Å². The lowest BCUT2D eigenvalue weighted by Gasteiger charge is -2.18. The summed E-state index contributed by atoms with van der Waals surface area (Å²) in [4.78, 5) is 38.1. The van der Waals surface area contributed by atoms with Crippen LogP contribution in [0.3, 0.4) is 0 Å². The minimum absolute atomic E-state index is 0.102. The van der Waals surface area contributed by atoms with E-state index in [0.29, 0.717) is 25.7 Å². The Morgan fingerprint density at radius 1 is 0.296 bits per heavy atom. The van der Waals surface area contributed by atoms with Gasteiger partial charge in [0.2, 0.25) is 0 Å². The molecular formula is C65H106O6. The fourth-order valence-electron chi connectivity index (χ4n) is 7.56. The fraction of sp³-hybridized carbons (Fsp3) is 0.646. The lowest BCUT2D eigenvalue weighted by atomic mass is 10.1. The smallest absolute Gasteiger partial charge is 0.306 e. The van der Waals surface area contributed by atoms with E-state index in [1.54, 1.807) is 0 Å². The average Bonchev–Trinajstić information content (AvgIpc) is 3.37. The van der Waals surface area contributed by atoms with Crippen molar-refractivity contribution < 1.29 is 28.6 Å². The maximum atomic E-state index is 12.8. The van der Waals surface area contributed by atoms with Gasteiger partial charge in [-0.15, -0.1) is 0 Å². The maximum absolute atomic E-state index is 12.8. The zero-order valence-corrected chi connectivity index (χ0v) is 45.9. The van der Waals surface area contributed by atoms with Gasteiger partial charge in [-0.1, -0.05) is 219 Å². The monoisotopic (exact) mass is 983 g/mol. The molecule has 0 aliphatic carbocycles. The number of allylic oxidation sites excluding steroid dienone is 20. The molecule has 0 aliphatic rings. The maximum Gasteiger partial charge on any atom is 0.306 e. The van der Waals surface area contributed by atoms with Gasteiger partial charge in [-0.25, -0.2) is 0 Å². The highest BCUT2D eigenvalue weighted by atomic mass is 16.6. The van der Waals surface area contributed by atoms with Crippen LogP contribution in [0, 0.1) is 0 Å². The summed E-state index contributed by atoms with van der Waals surface area (Å²) in [5.41, 5.74) is 0. The SMILES string of the molecule is CC/C=C\C/C=C\C/C=C\C/C=C\C/C=C\C/C=C\C/C=C\C/C=C\CCCCC(=O)OCC(COC(=O)CCCCCCC/C=C\CCCCC)OC(=O)CCCCCCC/C=C\CCCCCCC. The number of carbonyl (C=O) groups is 3. The lowest BCUT2D eigenvalue weighted by molar-refractivity contribution is -0.167. The highest BCUT2D eigenvalue weighted by Gasteiger charge is 2.19. The van der Waals surface area contributed by atoms with Gasteiger partial charge in [0.25, 0.3) is 0 Å². The molecule has 0 saturated carbocycles. The van der Waals surface area contributed by atoms with E-state index in [1.807, 2.05) is 0 Å². The molecule has 0 amide bonds. The molecule has 0 N–H and O–H groups in total. The Balaban J connectivity index is 4.42. The summed E-state index contributed by atoms with van der Waals surface area (Å²) in [6, 6.07) is 0. The summed E-state index contributed by atoms with van der Waals surface area (Å²) < 4.78 is 16.8. The Kier molecular flexibility index (Phi) is 54.9. The van der Waals surface area contributed by atoms with E-state index in [1.165, 1.54) is 77.0 Å². The van der Waals surface area contributed by atoms with Crippen LogP contribution in [-0.2, 0) is 28.6 Å². The van der Waals surface area contributed by atoms with Crippen molar-refractivity contribution in [2.24, 2.45) is 0 Å². The predicted octanol–water partition coefficient (Wildman–Crippen LogP) is 19.6. The number of unbranched alkanes of at least 4 members (excludes halogenated alkanes) is 20. The van der Waals surface area contributed by atoms with Crippen LogP contribution < -0.4 is 0 Å². The second kappa shape index (κ2) is 58.4. The summed E-state index contributed by atoms with van der Waals surface area (Å²) >= 11 is 0. The van der Waals surface area contributed by atoms with Crippen molar-refractivity contribution in [3.8, 4) is 0 Å². The Morgan fingerprint density at radius 3 is 0.930 bits per heavy atom. The predicted molar refractivity (Wildman–Crippen MR) is 306 cm³/mol. The number of hydrogen-bond donors (Lipinski definition) is 0. The zero-order valence-electron chi connectivity index (χ0n) is 45.9. The summed E-state index contributed by atoms with van der Waals surface area (Å²) in [6.45, 7) is 6.43. The van der Waals surface area contributed by atoms with Crippen molar-refractivity contribution in [3.63, 3.8) is 0 Å². The van der Waals surface area contributed by atoms with Crippen molar-refractivity contribution >= 4 is 17.9 Å². The van der Waals surface area contributed by atoms with Crippen LogP contribution in [0.25, 0.3) is 0 Å². The van der Waals surface area contributed by atoms with Gasteiger partial charge in [0.05, 0.1) is 0 Å². The van der Waals surface area contributed by atoms with E-state index < -0.39 is 6.10 Å². The molecule has 402 valence electrons. The molecule has 1 unspecified atom stereocenters. The number of carbonyl (C=O) groups excluding carboxylic acids is 3. The topological polar surface area (TPSA) is 78.9 Å². The number of esters is 3. The van der Waals surface area contributed by atoms with E-state index in [-0.39, 0.29) is 31.1 Å². The number of ether oxygens (including phenoxy) is 3. The van der Waals surface area contributed by atoms with Crippen LogP contribution >= 0.6 is 0 Å². The first kappa shape index (κ1) is 66.8. The Hall–Kier alpha value is -4.19. The molecule has 0 rings (SSSR count). The first-order valence-electron chi connectivity index (χ1n) is 29.0. The molecule has 1 atom stereocenters. The van der Waals surface area contributed by atoms with E-state index in [0.717, 1.165) is 128 Å². The molecule has 71 heavy (non-hydrogen) atoms. The molecule has 0 aliphatic heterocycles. The Morgan fingerprint density at radius 2 is 0.549 bits per heavy atom. The number of rotatable bonds is 51. The molecule has 0 fully saturated rings. The Bertz CT molecular complexity index is 1500. The third kappa shape index (κ3) is 56.6. The quantitative estimate of drug-likeness (QED) is 0.0261. The normalized spacial score (nSPS) is 13.0. The van der Waals surface area contributed by atoms with Gasteiger partial charge in [0.1, 0.15) is 13.2 Å². The van der Waals surface area contributed by atoms with Gasteiger partial charge >= 0.3 is 17.9 Å². The van der Waals surface area contributed by atoms with Gasteiger partial charge in [-0.2, -0.15) is 0 Å². The second-order valence-electron chi connectivity index (χ2n) is 18.8. The van der Waals surface area contributed by atoms with Crippen molar-refractivity contribution in [2.75, 3.05) is 13.2 Å². The highest BCUT2D eigenvalue weighted by Crippen LogP contribution is 2.13. The van der Waals surface area contributed by atoms with Crippen LogP contribution in [-0.4, -0.2) is 37.2 Å². The standard InChI is InChI=1S/C65H106O6/c1-4-7-10-13-16-19-22-25-27-28-29-30-31-32-33-34-35-36-37-38-39-41-43-46-49-52-55-58-64(67)70-61-62(60-69-63(66)57-54-51-48-45-42-24-21-18-15-12-9-6-3)71-65(68)59-56-53-50-47-44-40-26-23-20-17-14-11-8-5-2/h7,10,16,18-19,21,23,25-27,29-30,32-33,35-36,38-39,43,46,62H,4-6,8-9,11-15,17,20,22,24,28,31,34,37,40-42,44-45,47-61H2,1-3H3/b10-7-,19-16-,21-18-,26-23-,27-25-,30-29-,33-32-,36-35-,39-38-,46-43-. The van der Waals surface area contributed by atoms with Crippen LogP contribution in [0.2, 0.25) is 0 Å². The molecule has 0 heterocycles. The Labute approximate surface area is 437 Å². The van der Waals surface area contributed by atoms with Gasteiger partial charge in [0.15, 0.2) is 6.10 Å². The second-order valence-corrected chi connectivity index (χ2v) is 18.8. The van der Waals surface area contributed by atoms with Gasteiger partial charge in [-0.05, 0) is 135 Å². The van der Waals surface area contributed by atoms with E-state index in [2.05, 4.69) is 142 Å². The fourth-order valence-corrected chi connectivity index (χ4v) is 7.56. The number of hydrogen-bond acceptors (Lipinski definition) is 6. The first-order chi connectivity index (χ1) is 35.0. The molecule has 0 aromatic heterocycles. The summed E-state index contributed by atoms with van der Waals surface area (Å²) in [6.07, 6.45) is 80.5. The third-order valence-electron chi connectivity index (χ3n) is 11.9. The molecule has 6 nitrogen and oxygen atoms in total. The third-order valence-corrected chi connectivity index (χ3v) is 11.9. The molecule has 0 spiro atoms. The van der Waals surface area contributed by atoms with Crippen molar-refractivity contribution in [1.82, 2.24) is 0 Å². The van der Waals surface area contributed by atoms with Crippen LogP contribution in [0.15, 0.2) is 122 Å².